The lowest BCUT2D eigenvalue weighted by Gasteiger charge is -2.18. The van der Waals surface area contributed by atoms with Crippen LogP contribution in [0.5, 0.6) is 0 Å². The maximum Gasteiger partial charge on any atom is 0.409 e. The normalized spacial score (nSPS) is 11.8. The molecular weight excluding hydrogens is 563 g/mol. The Balaban J connectivity index is 1.41. The minimum Gasteiger partial charge on any atom is -0.465 e. The van der Waals surface area contributed by atoms with Crippen molar-refractivity contribution in [3.05, 3.63) is 119 Å². The minimum atomic E-state index is -1.16. The molecule has 1 unspecified atom stereocenters. The molecule has 13 heteroatoms. The highest BCUT2D eigenvalue weighted by molar-refractivity contribution is 6.30. The van der Waals surface area contributed by atoms with Gasteiger partial charge >= 0.3 is 6.09 Å². The van der Waals surface area contributed by atoms with Crippen LogP contribution in [-0.4, -0.2) is 47.5 Å². The van der Waals surface area contributed by atoms with Gasteiger partial charge < -0.3 is 10.4 Å². The summed E-state index contributed by atoms with van der Waals surface area (Å²) in [6.07, 6.45) is 5.11. The molecule has 2 heterocycles. The number of carboxylic acid groups (broad SMARTS) is 1. The van der Waals surface area contributed by atoms with Crippen LogP contribution < -0.4 is 10.6 Å². The van der Waals surface area contributed by atoms with Gasteiger partial charge in [-0.15, -0.1) is 5.10 Å². The van der Waals surface area contributed by atoms with Gasteiger partial charge in [-0.3, -0.25) is 10.1 Å². The third-order valence-electron chi connectivity index (χ3n) is 6.17. The fraction of sp³-hybridized carbons (Fsp3) is 0.0690. The van der Waals surface area contributed by atoms with Crippen molar-refractivity contribution in [2.45, 2.75) is 12.5 Å². The van der Waals surface area contributed by atoms with Gasteiger partial charge in [-0.05, 0) is 82.6 Å². The number of nitrogens with zero attached hydrogens (tertiary/aromatic N) is 6. The van der Waals surface area contributed by atoms with E-state index < -0.39 is 18.0 Å². The number of anilines is 1. The first-order valence-electron chi connectivity index (χ1n) is 12.5. The molecule has 5 aromatic rings. The molecule has 11 nitrogen and oxygen atoms in total. The molecule has 0 fully saturated rings. The van der Waals surface area contributed by atoms with Crippen LogP contribution in [0.4, 0.5) is 14.9 Å². The summed E-state index contributed by atoms with van der Waals surface area (Å²) >= 11 is 6.19. The number of amides is 2. The first-order valence-corrected chi connectivity index (χ1v) is 12.9. The van der Waals surface area contributed by atoms with Gasteiger partial charge in [0.25, 0.3) is 0 Å². The largest absolute Gasteiger partial charge is 0.465 e. The summed E-state index contributed by atoms with van der Waals surface area (Å²) in [5.74, 6) is -0.786. The van der Waals surface area contributed by atoms with Gasteiger partial charge in [0, 0.05) is 27.9 Å². The van der Waals surface area contributed by atoms with Gasteiger partial charge in [-0.1, -0.05) is 35.9 Å². The summed E-state index contributed by atoms with van der Waals surface area (Å²) in [4.78, 5) is 24.1. The number of carbonyl (C=O) groups is 2. The molecule has 0 aliphatic heterocycles. The molecular formula is C29H22ClFN8O3. The number of tetrazole rings is 1. The van der Waals surface area contributed by atoms with Crippen molar-refractivity contribution < 1.29 is 19.1 Å². The smallest absolute Gasteiger partial charge is 0.409 e. The van der Waals surface area contributed by atoms with Crippen LogP contribution >= 0.6 is 11.6 Å². The third kappa shape index (κ3) is 7.17. The molecule has 210 valence electrons. The number of hydrogen-bond donors (Lipinski definition) is 3. The SMILES string of the molecule is O=C(O)Nc1ccc(-c2cnnc(C(Cc3ccc(F)cc3)NC(=O)C=Cc3cc(Cl)ccc3-n3cnnn3)c2)cc1. The highest BCUT2D eigenvalue weighted by atomic mass is 35.5. The van der Waals surface area contributed by atoms with E-state index in [-0.39, 0.29) is 5.82 Å². The second-order valence-corrected chi connectivity index (χ2v) is 9.50. The first kappa shape index (κ1) is 28.1. The summed E-state index contributed by atoms with van der Waals surface area (Å²) in [5, 5.41) is 34.3. The molecule has 0 aliphatic rings. The van der Waals surface area contributed by atoms with Crippen molar-refractivity contribution in [1.82, 2.24) is 35.7 Å². The van der Waals surface area contributed by atoms with Gasteiger partial charge in [0.15, 0.2) is 0 Å². The summed E-state index contributed by atoms with van der Waals surface area (Å²) in [6.45, 7) is 0. The zero-order valence-corrected chi connectivity index (χ0v) is 22.5. The van der Waals surface area contributed by atoms with Crippen LogP contribution in [0, 0.1) is 5.82 Å². The van der Waals surface area contributed by atoms with Crippen LogP contribution in [0.1, 0.15) is 22.9 Å². The van der Waals surface area contributed by atoms with Crippen LogP contribution in [0.25, 0.3) is 22.9 Å². The van der Waals surface area contributed by atoms with Gasteiger partial charge in [0.1, 0.15) is 12.1 Å². The first-order chi connectivity index (χ1) is 20.3. The van der Waals surface area contributed by atoms with Crippen molar-refractivity contribution in [3.63, 3.8) is 0 Å². The van der Waals surface area contributed by atoms with E-state index in [2.05, 4.69) is 36.4 Å². The minimum absolute atomic E-state index is 0.312. The molecule has 0 aliphatic carbocycles. The topological polar surface area (TPSA) is 148 Å². The van der Waals surface area contributed by atoms with E-state index in [1.165, 1.54) is 29.2 Å². The number of halogens is 2. The molecule has 3 aromatic carbocycles. The predicted molar refractivity (Wildman–Crippen MR) is 153 cm³/mol. The highest BCUT2D eigenvalue weighted by Gasteiger charge is 2.18. The quantitative estimate of drug-likeness (QED) is 0.202. The summed E-state index contributed by atoms with van der Waals surface area (Å²) in [7, 11) is 0. The van der Waals surface area contributed by atoms with Crippen molar-refractivity contribution in [2.75, 3.05) is 5.32 Å². The zero-order chi connectivity index (χ0) is 29.5. The van der Waals surface area contributed by atoms with Gasteiger partial charge in [-0.25, -0.2) is 9.18 Å². The Hall–Kier alpha value is -5.49. The van der Waals surface area contributed by atoms with Crippen molar-refractivity contribution in [2.24, 2.45) is 0 Å². The van der Waals surface area contributed by atoms with Crippen molar-refractivity contribution in [1.29, 1.82) is 0 Å². The van der Waals surface area contributed by atoms with Gasteiger partial charge in [0.2, 0.25) is 5.91 Å². The Labute approximate surface area is 243 Å². The van der Waals surface area contributed by atoms with Gasteiger partial charge in [-0.2, -0.15) is 14.9 Å². The molecule has 0 bridgehead atoms. The fourth-order valence-corrected chi connectivity index (χ4v) is 4.37. The zero-order valence-electron chi connectivity index (χ0n) is 21.7. The number of carbonyl (C=O) groups excluding carboxylic acids is 1. The number of rotatable bonds is 9. The average Bonchev–Trinajstić information content (AvgIpc) is 3.52. The van der Waals surface area contributed by atoms with E-state index in [4.69, 9.17) is 16.7 Å². The van der Waals surface area contributed by atoms with Crippen LogP contribution in [0.3, 0.4) is 0 Å². The lowest BCUT2D eigenvalue weighted by Crippen LogP contribution is -2.29. The Morgan fingerprint density at radius 2 is 1.79 bits per heavy atom. The Kier molecular flexibility index (Phi) is 8.54. The third-order valence-corrected chi connectivity index (χ3v) is 6.40. The molecule has 0 radical (unpaired) electrons. The van der Waals surface area contributed by atoms with Gasteiger partial charge in [0.05, 0.1) is 23.6 Å². The summed E-state index contributed by atoms with van der Waals surface area (Å²) in [5.41, 5.74) is 4.39. The Morgan fingerprint density at radius 3 is 2.50 bits per heavy atom. The molecule has 0 spiro atoms. The van der Waals surface area contributed by atoms with Crippen LogP contribution in [0.2, 0.25) is 5.02 Å². The molecule has 0 saturated carbocycles. The lowest BCUT2D eigenvalue weighted by atomic mass is 10.00. The molecule has 3 N–H and O–H groups in total. The van der Waals surface area contributed by atoms with E-state index in [0.717, 1.165) is 11.1 Å². The lowest BCUT2D eigenvalue weighted by molar-refractivity contribution is -0.117. The highest BCUT2D eigenvalue weighted by Crippen LogP contribution is 2.25. The second-order valence-electron chi connectivity index (χ2n) is 9.06. The predicted octanol–water partition coefficient (Wildman–Crippen LogP) is 5.12. The monoisotopic (exact) mass is 584 g/mol. The Morgan fingerprint density at radius 1 is 1.00 bits per heavy atom. The Bertz CT molecular complexity index is 1730. The second kappa shape index (κ2) is 12.8. The average molecular weight is 585 g/mol. The fourth-order valence-electron chi connectivity index (χ4n) is 4.19. The van der Waals surface area contributed by atoms with Crippen LogP contribution in [-0.2, 0) is 11.2 Å². The standard InChI is InChI=1S/C29H22ClFN8O3/c30-22-6-11-27(39-17-33-37-38-39)20(14-22)5-12-28(40)35-25(13-18-1-7-23(31)8-2-18)26-15-21(16-32-36-26)19-3-9-24(10-4-19)34-29(41)42/h1-12,14-17,25,34H,13H2,(H,35,40)(H,41,42). The van der Waals surface area contributed by atoms with Crippen molar-refractivity contribution >= 4 is 35.4 Å². The number of hydrogen-bond acceptors (Lipinski definition) is 7. The van der Waals surface area contributed by atoms with E-state index in [0.29, 0.717) is 39.6 Å². The summed E-state index contributed by atoms with van der Waals surface area (Å²) < 4.78 is 15.0. The molecule has 0 saturated heterocycles. The van der Waals surface area contributed by atoms with Crippen molar-refractivity contribution in [3.8, 4) is 16.8 Å². The maximum absolute atomic E-state index is 13.6. The molecule has 42 heavy (non-hydrogen) atoms. The van der Waals surface area contributed by atoms with E-state index >= 15 is 0 Å². The molecule has 2 aromatic heterocycles. The van der Waals surface area contributed by atoms with E-state index in [9.17, 15) is 14.0 Å². The number of aromatic nitrogens is 6. The number of nitrogens with one attached hydrogen (secondary N) is 2. The molecule has 1 atom stereocenters. The van der Waals surface area contributed by atoms with E-state index in [1.807, 2.05) is 0 Å². The van der Waals surface area contributed by atoms with Crippen LogP contribution in [0.15, 0.2) is 91.4 Å². The summed E-state index contributed by atoms with van der Waals surface area (Å²) in [6, 6.07) is 19.0. The van der Waals surface area contributed by atoms with E-state index in [1.54, 1.807) is 72.9 Å². The maximum atomic E-state index is 13.6. The molecule has 2 amide bonds. The number of benzene rings is 3. The molecule has 5 rings (SSSR count).